The zero-order chi connectivity index (χ0) is 13.0. The van der Waals surface area contributed by atoms with Gasteiger partial charge < -0.3 is 5.11 Å². The van der Waals surface area contributed by atoms with Gasteiger partial charge in [0.15, 0.2) is 0 Å². The van der Waals surface area contributed by atoms with Crippen LogP contribution in [0.1, 0.15) is 22.3 Å². The number of rotatable bonds is 4. The number of carbonyl (C=O) groups excluding carboxylic acids is 1. The van der Waals surface area contributed by atoms with E-state index in [0.29, 0.717) is 11.5 Å². The smallest absolute Gasteiger partial charge is 0.265 e. The monoisotopic (exact) mass is 249 g/mol. The van der Waals surface area contributed by atoms with Crippen LogP contribution in [0.3, 0.4) is 0 Å². The lowest BCUT2D eigenvalue weighted by Crippen LogP contribution is -2.31. The molecule has 1 saturated heterocycles. The standard InChI is InChI=1S/C13H19N3O2/c14-15-13(18)12-4-2-1-3-11(12)8-16-6-5-10(7-16)9-17/h1-4,10,17H,5-9,14H2,(H,15,18). The van der Waals surface area contributed by atoms with E-state index in [1.54, 1.807) is 6.07 Å². The van der Waals surface area contributed by atoms with Gasteiger partial charge in [0.2, 0.25) is 0 Å². The Labute approximate surface area is 107 Å². The maximum absolute atomic E-state index is 11.6. The van der Waals surface area contributed by atoms with Crippen LogP contribution in [0.2, 0.25) is 0 Å². The number of likely N-dealkylation sites (tertiary alicyclic amines) is 1. The molecule has 1 unspecified atom stereocenters. The number of aliphatic hydroxyl groups excluding tert-OH is 1. The molecule has 0 spiro atoms. The van der Waals surface area contributed by atoms with E-state index in [1.807, 2.05) is 18.2 Å². The first-order valence-corrected chi connectivity index (χ1v) is 6.16. The number of hydrazine groups is 1. The lowest BCUT2D eigenvalue weighted by Gasteiger charge is -2.17. The number of nitrogens with zero attached hydrogens (tertiary/aromatic N) is 1. The third-order valence-corrected chi connectivity index (χ3v) is 3.42. The fourth-order valence-corrected chi connectivity index (χ4v) is 2.40. The van der Waals surface area contributed by atoms with Crippen LogP contribution in [-0.2, 0) is 6.54 Å². The van der Waals surface area contributed by atoms with Crippen LogP contribution in [0, 0.1) is 5.92 Å². The summed E-state index contributed by atoms with van der Waals surface area (Å²) in [5.74, 6) is 5.28. The molecule has 0 bridgehead atoms. The van der Waals surface area contributed by atoms with Gasteiger partial charge >= 0.3 is 0 Å². The minimum atomic E-state index is -0.261. The number of nitrogens with two attached hydrogens (primary N) is 1. The van der Waals surface area contributed by atoms with E-state index < -0.39 is 0 Å². The number of nitrogens with one attached hydrogen (secondary N) is 1. The Bertz CT molecular complexity index is 422. The number of benzene rings is 1. The van der Waals surface area contributed by atoms with Gasteiger partial charge in [0.05, 0.1) is 0 Å². The SMILES string of the molecule is NNC(=O)c1ccccc1CN1CCC(CO)C1. The molecule has 1 heterocycles. The molecule has 0 saturated carbocycles. The van der Waals surface area contributed by atoms with Crippen LogP contribution >= 0.6 is 0 Å². The Kier molecular flexibility index (Phi) is 4.30. The van der Waals surface area contributed by atoms with E-state index in [-0.39, 0.29) is 12.5 Å². The number of amides is 1. The summed E-state index contributed by atoms with van der Waals surface area (Å²) >= 11 is 0. The molecule has 1 aliphatic heterocycles. The summed E-state index contributed by atoms with van der Waals surface area (Å²) in [5.41, 5.74) is 3.76. The summed E-state index contributed by atoms with van der Waals surface area (Å²) < 4.78 is 0. The van der Waals surface area contributed by atoms with Gasteiger partial charge in [-0.2, -0.15) is 0 Å². The lowest BCUT2D eigenvalue weighted by atomic mass is 10.1. The maximum Gasteiger partial charge on any atom is 0.265 e. The summed E-state index contributed by atoms with van der Waals surface area (Å²) in [6.07, 6.45) is 1.02. The van der Waals surface area contributed by atoms with Gasteiger partial charge in [-0.3, -0.25) is 15.1 Å². The van der Waals surface area contributed by atoms with E-state index in [0.717, 1.165) is 31.6 Å². The zero-order valence-electron chi connectivity index (χ0n) is 10.3. The van der Waals surface area contributed by atoms with Crippen LogP contribution in [-0.4, -0.2) is 35.6 Å². The molecule has 0 aliphatic carbocycles. The van der Waals surface area contributed by atoms with Crippen LogP contribution < -0.4 is 11.3 Å². The average molecular weight is 249 g/mol. The molecule has 18 heavy (non-hydrogen) atoms. The Morgan fingerprint density at radius 1 is 1.50 bits per heavy atom. The molecule has 1 aromatic rings. The van der Waals surface area contributed by atoms with Crippen molar-refractivity contribution in [3.8, 4) is 0 Å². The highest BCUT2D eigenvalue weighted by Crippen LogP contribution is 2.19. The zero-order valence-corrected chi connectivity index (χ0v) is 10.3. The molecule has 1 atom stereocenters. The fourth-order valence-electron chi connectivity index (χ4n) is 2.40. The second kappa shape index (κ2) is 5.95. The summed E-state index contributed by atoms with van der Waals surface area (Å²) in [7, 11) is 0. The van der Waals surface area contributed by atoms with Crippen molar-refractivity contribution in [1.82, 2.24) is 10.3 Å². The van der Waals surface area contributed by atoms with Gasteiger partial charge in [-0.1, -0.05) is 18.2 Å². The van der Waals surface area contributed by atoms with E-state index >= 15 is 0 Å². The fraction of sp³-hybridized carbons (Fsp3) is 0.462. The van der Waals surface area contributed by atoms with E-state index in [4.69, 9.17) is 10.9 Å². The predicted octanol–water partition coefficient (Wildman–Crippen LogP) is 0.104. The number of hydrogen-bond acceptors (Lipinski definition) is 4. The Balaban J connectivity index is 2.07. The molecule has 5 heteroatoms. The van der Waals surface area contributed by atoms with Gasteiger partial charge in [-0.25, -0.2) is 5.84 Å². The van der Waals surface area contributed by atoms with Crippen LogP contribution in [0.25, 0.3) is 0 Å². The summed E-state index contributed by atoms with van der Waals surface area (Å²) in [6, 6.07) is 7.46. The van der Waals surface area contributed by atoms with Crippen LogP contribution in [0.4, 0.5) is 0 Å². The van der Waals surface area contributed by atoms with E-state index in [9.17, 15) is 4.79 Å². The highest BCUT2D eigenvalue weighted by atomic mass is 16.3. The second-order valence-electron chi connectivity index (χ2n) is 4.70. The van der Waals surface area contributed by atoms with Crippen molar-refractivity contribution in [3.63, 3.8) is 0 Å². The topological polar surface area (TPSA) is 78.6 Å². The van der Waals surface area contributed by atoms with Crippen molar-refractivity contribution in [2.75, 3.05) is 19.7 Å². The summed E-state index contributed by atoms with van der Waals surface area (Å²) in [5, 5.41) is 9.12. The van der Waals surface area contributed by atoms with E-state index in [1.165, 1.54) is 0 Å². The number of carbonyl (C=O) groups is 1. The van der Waals surface area contributed by atoms with Crippen LogP contribution in [0.15, 0.2) is 24.3 Å². The van der Waals surface area contributed by atoms with Crippen molar-refractivity contribution in [2.45, 2.75) is 13.0 Å². The quantitative estimate of drug-likeness (QED) is 0.402. The van der Waals surface area contributed by atoms with Crippen molar-refractivity contribution in [3.05, 3.63) is 35.4 Å². The van der Waals surface area contributed by atoms with Gasteiger partial charge in [-0.15, -0.1) is 0 Å². The normalized spacial score (nSPS) is 20.0. The molecule has 2 rings (SSSR count). The van der Waals surface area contributed by atoms with Crippen LogP contribution in [0.5, 0.6) is 0 Å². The molecule has 1 fully saturated rings. The first kappa shape index (κ1) is 13.0. The summed E-state index contributed by atoms with van der Waals surface area (Å²) in [4.78, 5) is 13.9. The average Bonchev–Trinajstić information content (AvgIpc) is 2.86. The molecule has 1 aliphatic rings. The highest BCUT2D eigenvalue weighted by molar-refractivity contribution is 5.95. The highest BCUT2D eigenvalue weighted by Gasteiger charge is 2.22. The Hall–Kier alpha value is -1.43. The molecule has 1 aromatic carbocycles. The lowest BCUT2D eigenvalue weighted by molar-refractivity contribution is 0.0951. The third kappa shape index (κ3) is 2.87. The van der Waals surface area contributed by atoms with Crippen molar-refractivity contribution >= 4 is 5.91 Å². The molecule has 0 radical (unpaired) electrons. The number of nitrogen functional groups attached to an aromatic ring is 1. The molecular weight excluding hydrogens is 230 g/mol. The van der Waals surface area contributed by atoms with E-state index in [2.05, 4.69) is 10.3 Å². The summed E-state index contributed by atoms with van der Waals surface area (Å²) in [6.45, 7) is 2.81. The number of hydrogen-bond donors (Lipinski definition) is 3. The molecular formula is C13H19N3O2. The molecule has 1 amide bonds. The predicted molar refractivity (Wildman–Crippen MR) is 68.6 cm³/mol. The maximum atomic E-state index is 11.6. The van der Waals surface area contributed by atoms with Crippen molar-refractivity contribution in [2.24, 2.45) is 11.8 Å². The molecule has 5 nitrogen and oxygen atoms in total. The Morgan fingerprint density at radius 2 is 2.28 bits per heavy atom. The van der Waals surface area contributed by atoms with Gasteiger partial charge in [0.1, 0.15) is 0 Å². The minimum Gasteiger partial charge on any atom is -0.396 e. The Morgan fingerprint density at radius 3 is 2.94 bits per heavy atom. The largest absolute Gasteiger partial charge is 0.396 e. The van der Waals surface area contributed by atoms with Crippen molar-refractivity contribution < 1.29 is 9.90 Å². The minimum absolute atomic E-state index is 0.238. The van der Waals surface area contributed by atoms with Gasteiger partial charge in [0.25, 0.3) is 5.91 Å². The first-order chi connectivity index (χ1) is 8.74. The third-order valence-electron chi connectivity index (χ3n) is 3.42. The van der Waals surface area contributed by atoms with Gasteiger partial charge in [0, 0.05) is 25.3 Å². The second-order valence-corrected chi connectivity index (χ2v) is 4.70. The molecule has 0 aromatic heterocycles. The number of aliphatic hydroxyl groups is 1. The molecule has 4 N–H and O–H groups in total. The first-order valence-electron chi connectivity index (χ1n) is 6.16. The van der Waals surface area contributed by atoms with Crippen molar-refractivity contribution in [1.29, 1.82) is 0 Å². The molecule has 98 valence electrons. The van der Waals surface area contributed by atoms with Gasteiger partial charge in [-0.05, 0) is 30.5 Å².